The largest absolute Gasteiger partial charge is 0.394 e. The van der Waals surface area contributed by atoms with Crippen LogP contribution in [-0.4, -0.2) is 191 Å². The first-order valence-corrected chi connectivity index (χ1v) is 24.1. The van der Waals surface area contributed by atoms with E-state index < -0.39 is 141 Å². The Morgan fingerprint density at radius 3 is 1.80 bits per heavy atom. The standard InChI is InChI=1S/C48H80O18/c1-22(2)10-9-14-48(8,66-42-39(60)36(57)33(54)26(20-50)62-42)23-11-16-47(7)31(23)24(52)18-29-45(5)15-13-30(44(3,4)28(45)12-17-46(29,47)6)64-43-40(37(58)34(55)27(21-51)63-43)65-41-38(59)35(56)32(53)25(19-49)61-41/h10,12,23-27,29-43,49-60H,9,11,13-21H2,1-8H3/t23?,24-,25?,26?,27?,29?,30+,31?,32-,33-,34-,35+,36+,37+,38?,39?,40?,41+,42+,43+,45+,46-,47-,48+/m1/s1. The molecule has 9 unspecified atom stereocenters. The van der Waals surface area contributed by atoms with Crippen LogP contribution in [0.5, 0.6) is 0 Å². The zero-order chi connectivity index (χ0) is 48.6. The molecule has 3 saturated carbocycles. The lowest BCUT2D eigenvalue weighted by atomic mass is 9.37. The molecule has 380 valence electrons. The molecule has 0 amide bonds. The number of aliphatic hydroxyl groups excluding tert-OH is 12. The minimum absolute atomic E-state index is 0.0347. The molecule has 0 aromatic heterocycles. The van der Waals surface area contributed by atoms with Crippen molar-refractivity contribution in [2.45, 2.75) is 217 Å². The first-order chi connectivity index (χ1) is 30.8. The smallest absolute Gasteiger partial charge is 0.187 e. The van der Waals surface area contributed by atoms with Gasteiger partial charge in [-0.25, -0.2) is 0 Å². The predicted molar refractivity (Wildman–Crippen MR) is 234 cm³/mol. The van der Waals surface area contributed by atoms with Gasteiger partial charge in [0.1, 0.15) is 73.2 Å². The van der Waals surface area contributed by atoms with E-state index in [2.05, 4.69) is 46.8 Å². The number of hydrogen-bond donors (Lipinski definition) is 12. The minimum Gasteiger partial charge on any atom is -0.394 e. The van der Waals surface area contributed by atoms with Crippen LogP contribution in [0.2, 0.25) is 0 Å². The number of allylic oxidation sites excluding steroid dienone is 3. The van der Waals surface area contributed by atoms with Crippen molar-refractivity contribution in [3.8, 4) is 0 Å². The lowest BCUT2D eigenvalue weighted by Gasteiger charge is -2.68. The summed E-state index contributed by atoms with van der Waals surface area (Å²) in [6.07, 6.45) is -14.6. The van der Waals surface area contributed by atoms with Crippen molar-refractivity contribution in [2.75, 3.05) is 19.8 Å². The summed E-state index contributed by atoms with van der Waals surface area (Å²) in [6, 6.07) is 0. The molecule has 7 rings (SSSR count). The molecule has 3 heterocycles. The number of hydrogen-bond acceptors (Lipinski definition) is 18. The van der Waals surface area contributed by atoms with Gasteiger partial charge in [-0.3, -0.25) is 0 Å². The highest BCUT2D eigenvalue weighted by Crippen LogP contribution is 2.75. The molecule has 18 nitrogen and oxygen atoms in total. The van der Waals surface area contributed by atoms with Crippen molar-refractivity contribution < 1.29 is 89.7 Å². The summed E-state index contributed by atoms with van der Waals surface area (Å²) in [5.41, 5.74) is -0.390. The van der Waals surface area contributed by atoms with E-state index in [0.717, 1.165) is 24.0 Å². The summed E-state index contributed by atoms with van der Waals surface area (Å²) in [6.45, 7) is 15.2. The molecule has 3 aliphatic heterocycles. The summed E-state index contributed by atoms with van der Waals surface area (Å²) in [4.78, 5) is 0. The Balaban J connectivity index is 1.15. The van der Waals surface area contributed by atoms with Crippen LogP contribution in [0.3, 0.4) is 0 Å². The lowest BCUT2D eigenvalue weighted by molar-refractivity contribution is -0.375. The zero-order valence-corrected chi connectivity index (χ0v) is 39.8. The van der Waals surface area contributed by atoms with Gasteiger partial charge in [0, 0.05) is 5.41 Å². The van der Waals surface area contributed by atoms with Crippen molar-refractivity contribution in [3.05, 3.63) is 23.3 Å². The van der Waals surface area contributed by atoms with E-state index >= 15 is 0 Å². The number of rotatable bonds is 13. The zero-order valence-electron chi connectivity index (χ0n) is 39.8. The van der Waals surface area contributed by atoms with E-state index in [9.17, 15) is 61.3 Å². The molecule has 66 heavy (non-hydrogen) atoms. The van der Waals surface area contributed by atoms with Gasteiger partial charge in [-0.1, -0.05) is 57.9 Å². The first kappa shape index (κ1) is 52.6. The summed E-state index contributed by atoms with van der Waals surface area (Å²) in [5, 5.41) is 129. The highest BCUT2D eigenvalue weighted by atomic mass is 16.8. The third-order valence-corrected chi connectivity index (χ3v) is 18.1. The minimum atomic E-state index is -1.80. The van der Waals surface area contributed by atoms with Crippen LogP contribution in [0.15, 0.2) is 23.3 Å². The number of aliphatic hydroxyl groups is 12. The van der Waals surface area contributed by atoms with Gasteiger partial charge in [-0.2, -0.15) is 0 Å². The summed E-state index contributed by atoms with van der Waals surface area (Å²) in [7, 11) is 0. The average molecular weight is 945 g/mol. The third-order valence-electron chi connectivity index (χ3n) is 18.1. The van der Waals surface area contributed by atoms with Crippen molar-refractivity contribution in [3.63, 3.8) is 0 Å². The lowest BCUT2D eigenvalue weighted by Crippen LogP contribution is -2.66. The van der Waals surface area contributed by atoms with E-state index in [1.807, 2.05) is 20.8 Å². The van der Waals surface area contributed by atoms with Crippen LogP contribution < -0.4 is 0 Å². The van der Waals surface area contributed by atoms with Gasteiger partial charge >= 0.3 is 0 Å². The summed E-state index contributed by atoms with van der Waals surface area (Å²) in [5.74, 6) is -0.360. The van der Waals surface area contributed by atoms with Crippen molar-refractivity contribution in [1.29, 1.82) is 0 Å². The maximum absolute atomic E-state index is 12.6. The van der Waals surface area contributed by atoms with E-state index in [0.29, 0.717) is 38.5 Å². The van der Waals surface area contributed by atoms with Gasteiger partial charge in [-0.05, 0) is 106 Å². The molecule has 18 heteroatoms. The topological polar surface area (TPSA) is 298 Å². The second-order valence-electron chi connectivity index (χ2n) is 22.4. The Kier molecular flexibility index (Phi) is 15.5. The Bertz CT molecular complexity index is 1740. The Morgan fingerprint density at radius 2 is 1.23 bits per heavy atom. The van der Waals surface area contributed by atoms with E-state index in [4.69, 9.17) is 28.4 Å². The van der Waals surface area contributed by atoms with Gasteiger partial charge in [-0.15, -0.1) is 0 Å². The average Bonchev–Trinajstić information content (AvgIpc) is 3.65. The molecule has 3 saturated heterocycles. The summed E-state index contributed by atoms with van der Waals surface area (Å²) < 4.78 is 37.1. The normalized spacial score (nSPS) is 51.2. The SMILES string of the molecule is CC(C)=CCC[C@](C)(O[C@@H]1OC(CO)[C@@H](O)[C@H](O)C1O)C1CC[C@]2(C)C1[C@H](O)CC1[C@@]3(C)CC[C@H](O[C@@H]4OC(CO)[C@@H](O)[C@H](O)C4O[C@@H]4OC(CO)[C@@H](O)[C@H](O)C4O)C(C)(C)C3=CC[C@]12C. The highest BCUT2D eigenvalue weighted by molar-refractivity contribution is 5.34. The molecule has 12 N–H and O–H groups in total. The Morgan fingerprint density at radius 1 is 0.682 bits per heavy atom. The van der Waals surface area contributed by atoms with Gasteiger partial charge in [0.25, 0.3) is 0 Å². The van der Waals surface area contributed by atoms with Gasteiger partial charge in [0.15, 0.2) is 18.9 Å². The predicted octanol–water partition coefficient (Wildman–Crippen LogP) is -0.107. The van der Waals surface area contributed by atoms with Crippen molar-refractivity contribution in [1.82, 2.24) is 0 Å². The maximum Gasteiger partial charge on any atom is 0.187 e. The van der Waals surface area contributed by atoms with Crippen LogP contribution in [0, 0.1) is 39.4 Å². The third kappa shape index (κ3) is 8.71. The van der Waals surface area contributed by atoms with E-state index in [1.165, 1.54) is 0 Å². The molecule has 24 atom stereocenters. The molecule has 0 bridgehead atoms. The molecule has 6 fully saturated rings. The Hall–Kier alpha value is -1.24. The molecular formula is C48H80O18. The molecule has 0 spiro atoms. The van der Waals surface area contributed by atoms with Crippen LogP contribution in [0.25, 0.3) is 0 Å². The van der Waals surface area contributed by atoms with Crippen LogP contribution in [-0.2, 0) is 28.4 Å². The van der Waals surface area contributed by atoms with Gasteiger partial charge in [0.05, 0.1) is 37.6 Å². The molecule has 4 aliphatic carbocycles. The fraction of sp³-hybridized carbons (Fsp3) is 0.917. The number of ether oxygens (including phenoxy) is 6. The molecule has 7 aliphatic rings. The van der Waals surface area contributed by atoms with Crippen LogP contribution in [0.4, 0.5) is 0 Å². The fourth-order valence-corrected chi connectivity index (χ4v) is 14.1. The highest BCUT2D eigenvalue weighted by Gasteiger charge is 2.71. The molecule has 0 radical (unpaired) electrons. The number of fused-ring (bicyclic) bond motifs is 5. The van der Waals surface area contributed by atoms with Crippen molar-refractivity contribution in [2.24, 2.45) is 39.4 Å². The molecular weight excluding hydrogens is 865 g/mol. The van der Waals surface area contributed by atoms with Gasteiger partial charge in [0.2, 0.25) is 0 Å². The summed E-state index contributed by atoms with van der Waals surface area (Å²) >= 11 is 0. The molecule has 0 aromatic carbocycles. The first-order valence-electron chi connectivity index (χ1n) is 24.1. The van der Waals surface area contributed by atoms with Crippen LogP contribution >= 0.6 is 0 Å². The monoisotopic (exact) mass is 945 g/mol. The fourth-order valence-electron chi connectivity index (χ4n) is 14.1. The van der Waals surface area contributed by atoms with Gasteiger partial charge < -0.3 is 89.7 Å². The maximum atomic E-state index is 12.6. The second kappa shape index (κ2) is 19.4. The van der Waals surface area contributed by atoms with E-state index in [-0.39, 0.29) is 28.6 Å². The second-order valence-corrected chi connectivity index (χ2v) is 22.4. The van der Waals surface area contributed by atoms with E-state index in [1.54, 1.807) is 0 Å². The Labute approximate surface area is 388 Å². The molecule has 0 aromatic rings. The quantitative estimate of drug-likeness (QED) is 0.107. The van der Waals surface area contributed by atoms with Crippen molar-refractivity contribution >= 4 is 0 Å². The van der Waals surface area contributed by atoms with Crippen LogP contribution in [0.1, 0.15) is 107 Å².